The van der Waals surface area contributed by atoms with E-state index in [0.717, 1.165) is 39.0 Å². The zero-order chi connectivity index (χ0) is 12.0. The molecule has 0 N–H and O–H groups in total. The summed E-state index contributed by atoms with van der Waals surface area (Å²) in [6.45, 7) is 13.2. The van der Waals surface area contributed by atoms with Crippen molar-refractivity contribution < 1.29 is 0 Å². The minimum absolute atomic E-state index is 1.02. The van der Waals surface area contributed by atoms with E-state index in [-0.39, 0.29) is 0 Å². The molecule has 16 heavy (non-hydrogen) atoms. The van der Waals surface area contributed by atoms with Crippen LogP contribution in [0.2, 0.25) is 0 Å². The van der Waals surface area contributed by atoms with Crippen LogP contribution in [0.25, 0.3) is 0 Å². The van der Waals surface area contributed by atoms with Gasteiger partial charge in [0.15, 0.2) is 0 Å². The molecule has 1 rings (SSSR count). The van der Waals surface area contributed by atoms with Crippen molar-refractivity contribution in [3.63, 3.8) is 0 Å². The van der Waals surface area contributed by atoms with Crippen LogP contribution in [0.1, 0.15) is 39.1 Å². The van der Waals surface area contributed by atoms with Gasteiger partial charge in [-0.25, -0.2) is 0 Å². The Morgan fingerprint density at radius 2 is 1.81 bits per heavy atom. The molecule has 3 heteroatoms. The third-order valence-electron chi connectivity index (χ3n) is 3.16. The molecule has 0 aliphatic heterocycles. The van der Waals surface area contributed by atoms with E-state index in [1.54, 1.807) is 0 Å². The molecule has 0 fully saturated rings. The lowest BCUT2D eigenvalue weighted by Crippen LogP contribution is -2.27. The Bertz CT molecular complexity index is 300. The van der Waals surface area contributed by atoms with Gasteiger partial charge in [-0.05, 0) is 32.0 Å². The highest BCUT2D eigenvalue weighted by atomic mass is 15.3. The Kier molecular flexibility index (Phi) is 5.53. The number of nitrogens with zero attached hydrogens (tertiary/aromatic N) is 3. The Hall–Kier alpha value is -0.830. The molecule has 1 aromatic heterocycles. The van der Waals surface area contributed by atoms with Gasteiger partial charge in [0.05, 0.1) is 12.2 Å². The topological polar surface area (TPSA) is 21.1 Å². The first-order chi connectivity index (χ1) is 7.74. The summed E-state index contributed by atoms with van der Waals surface area (Å²) in [5.41, 5.74) is 2.58. The minimum atomic E-state index is 1.02. The number of rotatable bonds is 7. The maximum absolute atomic E-state index is 4.63. The molecule has 0 aromatic carbocycles. The van der Waals surface area contributed by atoms with Gasteiger partial charge in [0.1, 0.15) is 0 Å². The second kappa shape index (κ2) is 6.69. The summed E-state index contributed by atoms with van der Waals surface area (Å²) in [5.74, 6) is 0. The van der Waals surface area contributed by atoms with Gasteiger partial charge >= 0.3 is 0 Å². The minimum Gasteiger partial charge on any atom is -0.302 e. The van der Waals surface area contributed by atoms with Crippen molar-refractivity contribution in [2.45, 2.75) is 47.1 Å². The number of hydrogen-bond acceptors (Lipinski definition) is 2. The maximum Gasteiger partial charge on any atom is 0.0624 e. The highest BCUT2D eigenvalue weighted by Crippen LogP contribution is 2.06. The van der Waals surface area contributed by atoms with Gasteiger partial charge in [0.2, 0.25) is 0 Å². The van der Waals surface area contributed by atoms with Crippen LogP contribution in [0.4, 0.5) is 0 Å². The second-order valence-electron chi connectivity index (χ2n) is 4.08. The highest BCUT2D eigenvalue weighted by molar-refractivity contribution is 5.10. The number of aromatic nitrogens is 2. The summed E-state index contributed by atoms with van der Waals surface area (Å²) >= 11 is 0. The van der Waals surface area contributed by atoms with Crippen molar-refractivity contribution in [1.29, 1.82) is 0 Å². The van der Waals surface area contributed by atoms with Crippen molar-refractivity contribution in [2.24, 2.45) is 0 Å². The summed E-state index contributed by atoms with van der Waals surface area (Å²) < 4.78 is 2.18. The summed E-state index contributed by atoms with van der Waals surface area (Å²) in [6.07, 6.45) is 2.11. The molecule has 0 saturated carbocycles. The van der Waals surface area contributed by atoms with Crippen LogP contribution < -0.4 is 0 Å². The Balaban J connectivity index is 2.61. The molecule has 0 amide bonds. The molecular formula is C13H25N3. The van der Waals surface area contributed by atoms with Crippen LogP contribution in [0.3, 0.4) is 0 Å². The first-order valence-electron chi connectivity index (χ1n) is 6.53. The van der Waals surface area contributed by atoms with E-state index in [1.165, 1.54) is 11.4 Å². The molecule has 92 valence electrons. The average Bonchev–Trinajstić information content (AvgIpc) is 2.73. The zero-order valence-electron chi connectivity index (χ0n) is 11.2. The van der Waals surface area contributed by atoms with Crippen LogP contribution in [0, 0.1) is 0 Å². The first-order valence-corrected chi connectivity index (χ1v) is 6.53. The lowest BCUT2D eigenvalue weighted by atomic mass is 10.2. The molecule has 0 bridgehead atoms. The molecule has 0 atom stereocenters. The predicted octanol–water partition coefficient (Wildman–Crippen LogP) is 2.35. The Labute approximate surface area is 99.4 Å². The fraction of sp³-hybridized carbons (Fsp3) is 0.769. The molecule has 0 saturated heterocycles. The van der Waals surface area contributed by atoms with E-state index in [9.17, 15) is 0 Å². The monoisotopic (exact) mass is 223 g/mol. The maximum atomic E-state index is 4.63. The van der Waals surface area contributed by atoms with Crippen LogP contribution in [0.5, 0.6) is 0 Å². The summed E-state index contributed by atoms with van der Waals surface area (Å²) in [5, 5.41) is 4.63. The van der Waals surface area contributed by atoms with Crippen LogP contribution in [0.15, 0.2) is 6.07 Å². The molecular weight excluding hydrogens is 198 g/mol. The van der Waals surface area contributed by atoms with Crippen LogP contribution in [-0.2, 0) is 19.4 Å². The van der Waals surface area contributed by atoms with Crippen molar-refractivity contribution >= 4 is 0 Å². The second-order valence-corrected chi connectivity index (χ2v) is 4.08. The zero-order valence-corrected chi connectivity index (χ0v) is 11.2. The normalized spacial score (nSPS) is 11.3. The molecule has 0 unspecified atom stereocenters. The van der Waals surface area contributed by atoms with E-state index >= 15 is 0 Å². The smallest absolute Gasteiger partial charge is 0.0624 e. The third kappa shape index (κ3) is 3.34. The van der Waals surface area contributed by atoms with Crippen molar-refractivity contribution in [3.8, 4) is 0 Å². The fourth-order valence-corrected chi connectivity index (χ4v) is 1.94. The summed E-state index contributed by atoms with van der Waals surface area (Å²) in [6, 6.07) is 2.24. The molecule has 0 aliphatic rings. The van der Waals surface area contributed by atoms with Gasteiger partial charge in [0, 0.05) is 12.2 Å². The molecule has 0 aliphatic carbocycles. The van der Waals surface area contributed by atoms with Gasteiger partial charge in [-0.15, -0.1) is 0 Å². The van der Waals surface area contributed by atoms with Crippen LogP contribution in [-0.4, -0.2) is 34.3 Å². The van der Waals surface area contributed by atoms with Crippen molar-refractivity contribution in [1.82, 2.24) is 14.7 Å². The lowest BCUT2D eigenvalue weighted by Gasteiger charge is -2.18. The van der Waals surface area contributed by atoms with Gasteiger partial charge in [-0.3, -0.25) is 4.68 Å². The highest BCUT2D eigenvalue weighted by Gasteiger charge is 2.06. The molecule has 0 spiro atoms. The van der Waals surface area contributed by atoms with E-state index in [1.807, 2.05) is 0 Å². The molecule has 3 nitrogen and oxygen atoms in total. The van der Waals surface area contributed by atoms with Crippen LogP contribution >= 0.6 is 0 Å². The number of likely N-dealkylation sites (N-methyl/N-ethyl adjacent to an activating group) is 1. The van der Waals surface area contributed by atoms with Gasteiger partial charge in [-0.1, -0.05) is 27.7 Å². The predicted molar refractivity (Wildman–Crippen MR) is 68.8 cm³/mol. The van der Waals surface area contributed by atoms with E-state index < -0.39 is 0 Å². The van der Waals surface area contributed by atoms with E-state index in [0.29, 0.717) is 0 Å². The third-order valence-corrected chi connectivity index (χ3v) is 3.16. The SMILES string of the molecule is CCc1cc(CC)n(CCN(CC)CC)n1. The summed E-state index contributed by atoms with van der Waals surface area (Å²) in [4.78, 5) is 2.44. The Morgan fingerprint density at radius 1 is 1.12 bits per heavy atom. The molecule has 0 radical (unpaired) electrons. The van der Waals surface area contributed by atoms with Gasteiger partial charge in [-0.2, -0.15) is 5.10 Å². The van der Waals surface area contributed by atoms with Crippen molar-refractivity contribution in [3.05, 3.63) is 17.5 Å². The van der Waals surface area contributed by atoms with Gasteiger partial charge in [0.25, 0.3) is 0 Å². The summed E-state index contributed by atoms with van der Waals surface area (Å²) in [7, 11) is 0. The quantitative estimate of drug-likeness (QED) is 0.707. The number of aryl methyl sites for hydroxylation is 2. The van der Waals surface area contributed by atoms with Crippen molar-refractivity contribution in [2.75, 3.05) is 19.6 Å². The fourth-order valence-electron chi connectivity index (χ4n) is 1.94. The average molecular weight is 223 g/mol. The number of hydrogen-bond donors (Lipinski definition) is 0. The molecule has 1 heterocycles. The lowest BCUT2D eigenvalue weighted by molar-refractivity contribution is 0.283. The largest absolute Gasteiger partial charge is 0.302 e. The van der Waals surface area contributed by atoms with E-state index in [2.05, 4.69) is 48.4 Å². The standard InChI is InChI=1S/C13H25N3/c1-5-12-11-13(6-2)16(14-12)10-9-15(7-3)8-4/h11H,5-10H2,1-4H3. The van der Waals surface area contributed by atoms with Gasteiger partial charge < -0.3 is 4.90 Å². The molecule has 1 aromatic rings. The van der Waals surface area contributed by atoms with E-state index in [4.69, 9.17) is 0 Å². The first kappa shape index (κ1) is 13.2. The Morgan fingerprint density at radius 3 is 2.31 bits per heavy atom.